The zero-order valence-electron chi connectivity index (χ0n) is 16.9. The summed E-state index contributed by atoms with van der Waals surface area (Å²) in [6.07, 6.45) is 1.51. The van der Waals surface area contributed by atoms with Crippen LogP contribution in [0.2, 0.25) is 0 Å². The van der Waals surface area contributed by atoms with Crippen molar-refractivity contribution in [1.82, 2.24) is 9.62 Å². The fraction of sp³-hybridized carbons (Fsp3) is 0.227. The zero-order chi connectivity index (χ0) is 21.6. The lowest BCUT2D eigenvalue weighted by Crippen LogP contribution is -2.40. The Morgan fingerprint density at radius 1 is 1.10 bits per heavy atom. The van der Waals surface area contributed by atoms with Gasteiger partial charge in [-0.3, -0.25) is 4.79 Å². The molecule has 0 atom stereocenters. The van der Waals surface area contributed by atoms with Gasteiger partial charge in [0.15, 0.2) is 0 Å². The van der Waals surface area contributed by atoms with E-state index in [1.54, 1.807) is 31.2 Å². The van der Waals surface area contributed by atoms with Gasteiger partial charge in [0.2, 0.25) is 15.9 Å². The van der Waals surface area contributed by atoms with Crippen molar-refractivity contribution in [2.45, 2.75) is 24.9 Å². The first-order valence-electron chi connectivity index (χ1n) is 9.38. The van der Waals surface area contributed by atoms with E-state index < -0.39 is 15.9 Å². The molecule has 0 unspecified atom stereocenters. The number of aryl methyl sites for hydroxylation is 1. The highest BCUT2D eigenvalue weighted by atomic mass is 32.2. The predicted molar refractivity (Wildman–Crippen MR) is 112 cm³/mol. The van der Waals surface area contributed by atoms with Gasteiger partial charge in [-0.25, -0.2) is 8.42 Å². The second-order valence-electron chi connectivity index (χ2n) is 6.75. The number of nitrogens with zero attached hydrogens (tertiary/aromatic N) is 1. The Balaban J connectivity index is 1.84. The maximum Gasteiger partial charge on any atom is 0.243 e. The molecule has 0 fully saturated rings. The van der Waals surface area contributed by atoms with Gasteiger partial charge < -0.3 is 14.5 Å². The molecule has 30 heavy (non-hydrogen) atoms. The summed E-state index contributed by atoms with van der Waals surface area (Å²) < 4.78 is 38.3. The second kappa shape index (κ2) is 9.60. The quantitative estimate of drug-likeness (QED) is 0.566. The minimum absolute atomic E-state index is 0.0718. The molecule has 0 aliphatic carbocycles. The summed E-state index contributed by atoms with van der Waals surface area (Å²) >= 11 is 0. The van der Waals surface area contributed by atoms with Gasteiger partial charge in [0, 0.05) is 6.54 Å². The average Bonchev–Trinajstić information content (AvgIpc) is 3.26. The van der Waals surface area contributed by atoms with Gasteiger partial charge in [0.25, 0.3) is 0 Å². The van der Waals surface area contributed by atoms with Crippen LogP contribution in [0.3, 0.4) is 0 Å². The topological polar surface area (TPSA) is 88.9 Å². The maximum absolute atomic E-state index is 13.3. The van der Waals surface area contributed by atoms with Crippen molar-refractivity contribution in [3.8, 4) is 5.75 Å². The minimum atomic E-state index is -3.92. The molecule has 0 spiro atoms. The van der Waals surface area contributed by atoms with E-state index in [1.165, 1.54) is 23.7 Å². The predicted octanol–water partition coefficient (Wildman–Crippen LogP) is 3.10. The molecule has 3 rings (SSSR count). The highest BCUT2D eigenvalue weighted by molar-refractivity contribution is 7.89. The number of carbonyl (C=O) groups excluding carboxylic acids is 1. The van der Waals surface area contributed by atoms with Crippen molar-refractivity contribution >= 4 is 15.9 Å². The van der Waals surface area contributed by atoms with Crippen molar-refractivity contribution in [1.29, 1.82) is 0 Å². The molecule has 1 aromatic heterocycles. The van der Waals surface area contributed by atoms with Gasteiger partial charge in [0.1, 0.15) is 11.5 Å². The molecule has 0 aliphatic rings. The number of nitrogens with one attached hydrogen (secondary N) is 1. The molecule has 0 aliphatic heterocycles. The van der Waals surface area contributed by atoms with Crippen molar-refractivity contribution in [2.24, 2.45) is 0 Å². The molecule has 3 aromatic rings. The average molecular weight is 429 g/mol. The van der Waals surface area contributed by atoms with Crippen molar-refractivity contribution in [3.05, 3.63) is 83.8 Å². The number of hydrogen-bond acceptors (Lipinski definition) is 5. The molecule has 0 saturated heterocycles. The molecule has 0 saturated carbocycles. The molecule has 2 aromatic carbocycles. The number of carbonyl (C=O) groups is 1. The molecule has 158 valence electrons. The van der Waals surface area contributed by atoms with Gasteiger partial charge in [-0.1, -0.05) is 30.3 Å². The summed E-state index contributed by atoms with van der Waals surface area (Å²) in [6.45, 7) is 1.72. The lowest BCUT2D eigenvalue weighted by atomic mass is 10.2. The van der Waals surface area contributed by atoms with Crippen LogP contribution in [0.1, 0.15) is 16.9 Å². The summed E-state index contributed by atoms with van der Waals surface area (Å²) in [7, 11) is -2.39. The smallest absolute Gasteiger partial charge is 0.243 e. The lowest BCUT2D eigenvalue weighted by Gasteiger charge is -2.22. The largest absolute Gasteiger partial charge is 0.496 e. The molecule has 1 heterocycles. The SMILES string of the molecule is COc1ccc(S(=O)(=O)N(CC(=O)NCc2ccco2)Cc2ccccc2)cc1C. The van der Waals surface area contributed by atoms with E-state index in [4.69, 9.17) is 9.15 Å². The van der Waals surface area contributed by atoms with Crippen LogP contribution in [0.15, 0.2) is 76.2 Å². The molecular formula is C22H24N2O5S. The van der Waals surface area contributed by atoms with E-state index in [0.29, 0.717) is 17.1 Å². The van der Waals surface area contributed by atoms with E-state index in [9.17, 15) is 13.2 Å². The summed E-state index contributed by atoms with van der Waals surface area (Å²) in [5, 5.41) is 2.70. The van der Waals surface area contributed by atoms with Crippen LogP contribution in [0.5, 0.6) is 5.75 Å². The molecule has 0 bridgehead atoms. The summed E-state index contributed by atoms with van der Waals surface area (Å²) in [5.41, 5.74) is 1.48. The van der Waals surface area contributed by atoms with Crippen LogP contribution >= 0.6 is 0 Å². The van der Waals surface area contributed by atoms with Crippen molar-refractivity contribution < 1.29 is 22.4 Å². The fourth-order valence-electron chi connectivity index (χ4n) is 2.99. The van der Waals surface area contributed by atoms with E-state index in [0.717, 1.165) is 5.56 Å². The third-order valence-electron chi connectivity index (χ3n) is 4.57. The maximum atomic E-state index is 13.3. The summed E-state index contributed by atoms with van der Waals surface area (Å²) in [4.78, 5) is 12.6. The third-order valence-corrected chi connectivity index (χ3v) is 6.35. The Morgan fingerprint density at radius 3 is 2.50 bits per heavy atom. The van der Waals surface area contributed by atoms with Gasteiger partial charge in [-0.15, -0.1) is 0 Å². The van der Waals surface area contributed by atoms with Crippen LogP contribution in [0.4, 0.5) is 0 Å². The highest BCUT2D eigenvalue weighted by Gasteiger charge is 2.27. The first kappa shape index (κ1) is 21.6. The number of furan rings is 1. The van der Waals surface area contributed by atoms with E-state index in [-0.39, 0.29) is 24.5 Å². The van der Waals surface area contributed by atoms with Gasteiger partial charge in [-0.2, -0.15) is 4.31 Å². The van der Waals surface area contributed by atoms with Crippen LogP contribution in [0, 0.1) is 6.92 Å². The number of hydrogen-bond donors (Lipinski definition) is 1. The Morgan fingerprint density at radius 2 is 1.87 bits per heavy atom. The molecule has 1 N–H and O–H groups in total. The molecular weight excluding hydrogens is 404 g/mol. The first-order valence-corrected chi connectivity index (χ1v) is 10.8. The standard InChI is InChI=1S/C22H24N2O5S/c1-17-13-20(10-11-21(17)28-2)30(26,27)24(15-18-7-4-3-5-8-18)16-22(25)23-14-19-9-6-12-29-19/h3-13H,14-16H2,1-2H3,(H,23,25). The van der Waals surface area contributed by atoms with Gasteiger partial charge >= 0.3 is 0 Å². The van der Waals surface area contributed by atoms with Gasteiger partial charge in [-0.05, 0) is 48.4 Å². The lowest BCUT2D eigenvalue weighted by molar-refractivity contribution is -0.121. The zero-order valence-corrected chi connectivity index (χ0v) is 17.7. The van der Waals surface area contributed by atoms with Crippen LogP contribution < -0.4 is 10.1 Å². The number of methoxy groups -OCH3 is 1. The van der Waals surface area contributed by atoms with Gasteiger partial charge in [0.05, 0.1) is 31.4 Å². The first-order chi connectivity index (χ1) is 14.4. The van der Waals surface area contributed by atoms with Crippen LogP contribution in [0.25, 0.3) is 0 Å². The monoisotopic (exact) mass is 428 g/mol. The van der Waals surface area contributed by atoms with E-state index >= 15 is 0 Å². The van der Waals surface area contributed by atoms with E-state index in [1.807, 2.05) is 30.3 Å². The van der Waals surface area contributed by atoms with Crippen LogP contribution in [-0.4, -0.2) is 32.3 Å². The summed E-state index contributed by atoms with van der Waals surface area (Å²) in [6, 6.07) is 17.3. The second-order valence-corrected chi connectivity index (χ2v) is 8.68. The third kappa shape index (κ3) is 5.28. The fourth-order valence-corrected chi connectivity index (χ4v) is 4.46. The Labute approximate surface area is 176 Å². The molecule has 7 nitrogen and oxygen atoms in total. The van der Waals surface area contributed by atoms with Crippen molar-refractivity contribution in [3.63, 3.8) is 0 Å². The van der Waals surface area contributed by atoms with Crippen LogP contribution in [-0.2, 0) is 27.9 Å². The molecule has 8 heteroatoms. The summed E-state index contributed by atoms with van der Waals surface area (Å²) in [5.74, 6) is 0.766. The Kier molecular flexibility index (Phi) is 6.91. The van der Waals surface area contributed by atoms with Crippen molar-refractivity contribution in [2.75, 3.05) is 13.7 Å². The minimum Gasteiger partial charge on any atom is -0.496 e. The number of amides is 1. The Bertz CT molecular complexity index is 1080. The number of sulfonamides is 1. The highest BCUT2D eigenvalue weighted by Crippen LogP contribution is 2.24. The number of ether oxygens (including phenoxy) is 1. The molecule has 0 radical (unpaired) electrons. The Hall–Kier alpha value is -3.10. The molecule has 1 amide bonds. The number of rotatable bonds is 9. The van der Waals surface area contributed by atoms with E-state index in [2.05, 4.69) is 5.32 Å². The normalized spacial score (nSPS) is 11.4. The number of benzene rings is 2.